The molecule has 0 aliphatic carbocycles. The monoisotopic (exact) mass is 321 g/mol. The van der Waals surface area contributed by atoms with Crippen molar-refractivity contribution in [1.29, 1.82) is 5.26 Å². The molecular weight excluding hydrogens is 302 g/mol. The highest BCUT2D eigenvalue weighted by molar-refractivity contribution is 5.98. The van der Waals surface area contributed by atoms with Gasteiger partial charge in [0.25, 0.3) is 0 Å². The molecule has 0 saturated carbocycles. The number of carbonyl (C=O) groups is 1. The number of esters is 1. The number of methoxy groups -OCH3 is 4. The summed E-state index contributed by atoms with van der Waals surface area (Å²) in [6, 6.07) is 5.12. The van der Waals surface area contributed by atoms with Crippen molar-refractivity contribution in [3.05, 3.63) is 23.3 Å². The quantitative estimate of drug-likeness (QED) is 0.312. The maximum Gasteiger partial charge on any atom is 0.348 e. The summed E-state index contributed by atoms with van der Waals surface area (Å²) in [6.45, 7) is 0.321. The Bertz CT molecular complexity index is 618. The van der Waals surface area contributed by atoms with Gasteiger partial charge in [0.05, 0.1) is 27.9 Å². The van der Waals surface area contributed by atoms with Gasteiger partial charge in [-0.2, -0.15) is 5.26 Å². The molecule has 0 heterocycles. The molecular formula is C16H19NO6. The molecule has 7 heteroatoms. The predicted octanol–water partition coefficient (Wildman–Crippen LogP) is 1.81. The maximum absolute atomic E-state index is 11.9. The van der Waals surface area contributed by atoms with E-state index in [1.54, 1.807) is 12.1 Å². The zero-order valence-electron chi connectivity index (χ0n) is 13.5. The molecule has 0 radical (unpaired) electrons. The molecule has 1 aromatic carbocycles. The molecule has 0 aliphatic heterocycles. The largest absolute Gasteiger partial charge is 0.493 e. The lowest BCUT2D eigenvalue weighted by Crippen LogP contribution is -2.11. The van der Waals surface area contributed by atoms with Gasteiger partial charge in [0.2, 0.25) is 5.75 Å². The van der Waals surface area contributed by atoms with Crippen LogP contribution >= 0.6 is 0 Å². The van der Waals surface area contributed by atoms with Gasteiger partial charge < -0.3 is 23.7 Å². The summed E-state index contributed by atoms with van der Waals surface area (Å²) in [7, 11) is 5.92. The summed E-state index contributed by atoms with van der Waals surface area (Å²) >= 11 is 0. The minimum Gasteiger partial charge on any atom is -0.493 e. The fraction of sp³-hybridized carbons (Fsp3) is 0.375. The van der Waals surface area contributed by atoms with Crippen LogP contribution in [0.3, 0.4) is 0 Å². The molecule has 0 unspecified atom stereocenters. The SMILES string of the molecule is COCCOC(=O)/C(C#N)=C/c1ccc(OC)c(OC)c1OC. The third-order valence-corrected chi connectivity index (χ3v) is 2.90. The number of nitrogens with zero attached hydrogens (tertiary/aromatic N) is 1. The number of benzene rings is 1. The summed E-state index contributed by atoms with van der Waals surface area (Å²) < 4.78 is 25.5. The van der Waals surface area contributed by atoms with E-state index in [1.165, 1.54) is 34.5 Å². The normalized spacial score (nSPS) is 10.7. The van der Waals surface area contributed by atoms with E-state index in [4.69, 9.17) is 28.9 Å². The first-order valence-electron chi connectivity index (χ1n) is 6.69. The smallest absolute Gasteiger partial charge is 0.348 e. The van der Waals surface area contributed by atoms with Gasteiger partial charge in [0.1, 0.15) is 18.2 Å². The van der Waals surface area contributed by atoms with Gasteiger partial charge in [0, 0.05) is 12.7 Å². The lowest BCUT2D eigenvalue weighted by molar-refractivity contribution is -0.139. The van der Waals surface area contributed by atoms with Crippen LogP contribution in [0, 0.1) is 11.3 Å². The first-order valence-corrected chi connectivity index (χ1v) is 6.69. The van der Waals surface area contributed by atoms with Crippen molar-refractivity contribution >= 4 is 12.0 Å². The Morgan fingerprint density at radius 2 is 1.78 bits per heavy atom. The lowest BCUT2D eigenvalue weighted by atomic mass is 10.1. The molecule has 0 saturated heterocycles. The van der Waals surface area contributed by atoms with Crippen molar-refractivity contribution in [2.24, 2.45) is 0 Å². The zero-order chi connectivity index (χ0) is 17.2. The van der Waals surface area contributed by atoms with Crippen LogP contribution in [0.1, 0.15) is 5.56 Å². The Hall–Kier alpha value is -2.72. The van der Waals surface area contributed by atoms with E-state index in [2.05, 4.69) is 0 Å². The van der Waals surface area contributed by atoms with Crippen LogP contribution in [0.15, 0.2) is 17.7 Å². The Morgan fingerprint density at radius 3 is 2.30 bits per heavy atom. The summed E-state index contributed by atoms with van der Waals surface area (Å²) in [6.07, 6.45) is 1.37. The van der Waals surface area contributed by atoms with E-state index < -0.39 is 5.97 Å². The fourth-order valence-electron chi connectivity index (χ4n) is 1.83. The van der Waals surface area contributed by atoms with Crippen LogP contribution in [0.4, 0.5) is 0 Å². The number of carbonyl (C=O) groups excluding carboxylic acids is 1. The number of hydrogen-bond donors (Lipinski definition) is 0. The van der Waals surface area contributed by atoms with E-state index in [9.17, 15) is 4.79 Å². The number of hydrogen-bond acceptors (Lipinski definition) is 7. The van der Waals surface area contributed by atoms with Crippen LogP contribution in [0.5, 0.6) is 17.2 Å². The molecule has 1 rings (SSSR count). The van der Waals surface area contributed by atoms with E-state index in [0.717, 1.165) is 0 Å². The van der Waals surface area contributed by atoms with Gasteiger partial charge in [-0.05, 0) is 18.2 Å². The van der Waals surface area contributed by atoms with Crippen LogP contribution in [0.25, 0.3) is 6.08 Å². The molecule has 7 nitrogen and oxygen atoms in total. The average molecular weight is 321 g/mol. The molecule has 0 aromatic heterocycles. The van der Waals surface area contributed by atoms with Gasteiger partial charge in [-0.3, -0.25) is 0 Å². The molecule has 23 heavy (non-hydrogen) atoms. The predicted molar refractivity (Wildman–Crippen MR) is 82.5 cm³/mol. The highest BCUT2D eigenvalue weighted by Crippen LogP contribution is 2.40. The molecule has 0 N–H and O–H groups in total. The van der Waals surface area contributed by atoms with E-state index in [0.29, 0.717) is 22.8 Å². The third-order valence-electron chi connectivity index (χ3n) is 2.90. The molecule has 0 aliphatic rings. The highest BCUT2D eigenvalue weighted by Gasteiger charge is 2.17. The Morgan fingerprint density at radius 1 is 1.09 bits per heavy atom. The maximum atomic E-state index is 11.9. The first-order chi connectivity index (χ1) is 11.1. The second-order valence-corrected chi connectivity index (χ2v) is 4.22. The summed E-state index contributed by atoms with van der Waals surface area (Å²) in [5.41, 5.74) is 0.331. The zero-order valence-corrected chi connectivity index (χ0v) is 13.5. The number of rotatable bonds is 8. The van der Waals surface area contributed by atoms with Gasteiger partial charge in [0.15, 0.2) is 11.5 Å². The van der Waals surface area contributed by atoms with Crippen molar-refractivity contribution < 1.29 is 28.5 Å². The molecule has 0 spiro atoms. The first kappa shape index (κ1) is 18.3. The van der Waals surface area contributed by atoms with E-state index in [1.807, 2.05) is 6.07 Å². The molecule has 1 aromatic rings. The van der Waals surface area contributed by atoms with Crippen molar-refractivity contribution in [3.63, 3.8) is 0 Å². The van der Waals surface area contributed by atoms with Gasteiger partial charge in [-0.25, -0.2) is 4.79 Å². The van der Waals surface area contributed by atoms with Crippen molar-refractivity contribution in [2.75, 3.05) is 41.7 Å². The van der Waals surface area contributed by atoms with Gasteiger partial charge >= 0.3 is 5.97 Å². The third kappa shape index (κ3) is 4.63. The van der Waals surface area contributed by atoms with E-state index >= 15 is 0 Å². The minimum atomic E-state index is -0.735. The minimum absolute atomic E-state index is 0.0669. The van der Waals surface area contributed by atoms with Crippen molar-refractivity contribution in [1.82, 2.24) is 0 Å². The number of nitriles is 1. The standard InChI is InChI=1S/C16H19NO6/c1-19-7-8-23-16(18)12(10-17)9-11-5-6-13(20-2)15(22-4)14(11)21-3/h5-6,9H,7-8H2,1-4H3/b12-9+. The Labute approximate surface area is 135 Å². The second kappa shape index (κ2) is 9.33. The highest BCUT2D eigenvalue weighted by atomic mass is 16.6. The Balaban J connectivity index is 3.18. The van der Waals surface area contributed by atoms with E-state index in [-0.39, 0.29) is 18.8 Å². The molecule has 124 valence electrons. The van der Waals surface area contributed by atoms with Crippen LogP contribution < -0.4 is 14.2 Å². The molecule has 0 atom stereocenters. The lowest BCUT2D eigenvalue weighted by Gasteiger charge is -2.14. The topological polar surface area (TPSA) is 87.0 Å². The number of ether oxygens (including phenoxy) is 5. The second-order valence-electron chi connectivity index (χ2n) is 4.22. The summed E-state index contributed by atoms with van der Waals surface area (Å²) in [4.78, 5) is 11.9. The fourth-order valence-corrected chi connectivity index (χ4v) is 1.83. The van der Waals surface area contributed by atoms with Crippen LogP contribution in [-0.4, -0.2) is 47.6 Å². The molecule has 0 amide bonds. The van der Waals surface area contributed by atoms with Crippen LogP contribution in [0.2, 0.25) is 0 Å². The molecule has 0 bridgehead atoms. The van der Waals surface area contributed by atoms with Crippen molar-refractivity contribution in [2.45, 2.75) is 0 Å². The molecule has 0 fully saturated rings. The van der Waals surface area contributed by atoms with Crippen molar-refractivity contribution in [3.8, 4) is 23.3 Å². The average Bonchev–Trinajstić information content (AvgIpc) is 2.58. The van der Waals surface area contributed by atoms with Gasteiger partial charge in [-0.15, -0.1) is 0 Å². The summed E-state index contributed by atoms with van der Waals surface area (Å²) in [5, 5.41) is 9.16. The van der Waals surface area contributed by atoms with Crippen LogP contribution in [-0.2, 0) is 14.3 Å². The summed E-state index contributed by atoms with van der Waals surface area (Å²) in [5.74, 6) is 0.460. The Kier molecular flexibility index (Phi) is 7.43. The van der Waals surface area contributed by atoms with Gasteiger partial charge in [-0.1, -0.05) is 0 Å².